The van der Waals surface area contributed by atoms with Gasteiger partial charge in [0.05, 0.1) is 29.6 Å². The van der Waals surface area contributed by atoms with Crippen molar-refractivity contribution in [3.63, 3.8) is 0 Å². The van der Waals surface area contributed by atoms with Gasteiger partial charge in [-0.05, 0) is 18.4 Å². The molecule has 3 aromatic heterocycles. The van der Waals surface area contributed by atoms with Crippen LogP contribution in [0.15, 0.2) is 35.6 Å². The molecule has 0 radical (unpaired) electrons. The summed E-state index contributed by atoms with van der Waals surface area (Å²) in [5, 5.41) is 0.915. The summed E-state index contributed by atoms with van der Waals surface area (Å²) in [6, 6.07) is 5.27. The number of ether oxygens (including phenoxy) is 1. The highest BCUT2D eigenvalue weighted by molar-refractivity contribution is 7.98. The van der Waals surface area contributed by atoms with E-state index in [1.807, 2.05) is 22.8 Å². The Hall–Kier alpha value is -1.92. The van der Waals surface area contributed by atoms with Gasteiger partial charge in [0.25, 0.3) is 0 Å². The van der Waals surface area contributed by atoms with Crippen LogP contribution in [0.2, 0.25) is 0 Å². The molecule has 3 aromatic rings. The molecule has 0 aliphatic carbocycles. The zero-order valence-corrected chi connectivity index (χ0v) is 12.9. The Morgan fingerprint density at radius 2 is 2.27 bits per heavy atom. The lowest BCUT2D eigenvalue weighted by Gasteiger charge is -2.12. The van der Waals surface area contributed by atoms with Crippen LogP contribution in [0.4, 0.5) is 4.39 Å². The first-order valence-corrected chi connectivity index (χ1v) is 8.26. The molecule has 0 atom stereocenters. The molecule has 0 amide bonds. The molecule has 112 valence electrons. The highest BCUT2D eigenvalue weighted by Crippen LogP contribution is 2.27. The summed E-state index contributed by atoms with van der Waals surface area (Å²) < 4.78 is 21.9. The van der Waals surface area contributed by atoms with Crippen molar-refractivity contribution in [3.05, 3.63) is 47.8 Å². The van der Waals surface area contributed by atoms with Crippen molar-refractivity contribution in [1.29, 1.82) is 0 Å². The smallest absolute Gasteiger partial charge is 0.140 e. The van der Waals surface area contributed by atoms with Gasteiger partial charge < -0.3 is 9.14 Å². The summed E-state index contributed by atoms with van der Waals surface area (Å²) in [4.78, 5) is 8.82. The molecule has 22 heavy (non-hydrogen) atoms. The molecule has 0 fully saturated rings. The summed E-state index contributed by atoms with van der Waals surface area (Å²) in [5.74, 6) is -0.283. The van der Waals surface area contributed by atoms with Crippen LogP contribution in [0, 0.1) is 5.82 Å². The summed E-state index contributed by atoms with van der Waals surface area (Å²) >= 11 is 1.56. The average Bonchev–Trinajstić information content (AvgIpc) is 2.91. The molecule has 0 saturated carbocycles. The van der Waals surface area contributed by atoms with Crippen molar-refractivity contribution < 1.29 is 9.13 Å². The molecule has 0 unspecified atom stereocenters. The quantitative estimate of drug-likeness (QED) is 0.680. The van der Waals surface area contributed by atoms with E-state index in [4.69, 9.17) is 4.74 Å². The van der Waals surface area contributed by atoms with Gasteiger partial charge in [-0.3, -0.25) is 0 Å². The third kappa shape index (κ3) is 2.19. The van der Waals surface area contributed by atoms with Gasteiger partial charge in [-0.15, -0.1) is 11.8 Å². The number of nitrogens with zero attached hydrogens (tertiary/aromatic N) is 3. The Labute approximate surface area is 131 Å². The van der Waals surface area contributed by atoms with E-state index < -0.39 is 0 Å². The summed E-state index contributed by atoms with van der Waals surface area (Å²) in [6.07, 6.45) is 6.24. The minimum atomic E-state index is -0.283. The normalized spacial score (nSPS) is 14.3. The molecule has 1 aliphatic heterocycles. The molecule has 0 aromatic carbocycles. The second-order valence-electron chi connectivity index (χ2n) is 5.16. The van der Waals surface area contributed by atoms with Crippen molar-refractivity contribution in [2.24, 2.45) is 0 Å². The number of hydrogen-bond acceptors (Lipinski definition) is 4. The lowest BCUT2D eigenvalue weighted by Crippen LogP contribution is -2.10. The molecule has 4 heterocycles. The monoisotopic (exact) mass is 315 g/mol. The second kappa shape index (κ2) is 5.37. The maximum absolute atomic E-state index is 14.4. The van der Waals surface area contributed by atoms with Gasteiger partial charge in [-0.25, -0.2) is 14.4 Å². The maximum atomic E-state index is 14.4. The average molecular weight is 315 g/mol. The van der Waals surface area contributed by atoms with E-state index in [9.17, 15) is 4.39 Å². The van der Waals surface area contributed by atoms with E-state index in [2.05, 4.69) is 9.97 Å². The first-order valence-electron chi connectivity index (χ1n) is 7.04. The lowest BCUT2D eigenvalue weighted by molar-refractivity contribution is 0.106. The Balaban J connectivity index is 1.87. The van der Waals surface area contributed by atoms with E-state index >= 15 is 0 Å². The fourth-order valence-corrected chi connectivity index (χ4v) is 3.09. The maximum Gasteiger partial charge on any atom is 0.140 e. The largest absolute Gasteiger partial charge is 0.375 e. The van der Waals surface area contributed by atoms with E-state index in [0.717, 1.165) is 28.4 Å². The van der Waals surface area contributed by atoms with Gasteiger partial charge in [-0.1, -0.05) is 0 Å². The minimum Gasteiger partial charge on any atom is -0.375 e. The van der Waals surface area contributed by atoms with Crippen molar-refractivity contribution >= 4 is 17.4 Å². The van der Waals surface area contributed by atoms with Gasteiger partial charge >= 0.3 is 0 Å². The first kappa shape index (κ1) is 13.7. The van der Waals surface area contributed by atoms with Crippen LogP contribution in [0.5, 0.6) is 0 Å². The Bertz CT molecular complexity index is 845. The Morgan fingerprint density at radius 1 is 1.36 bits per heavy atom. The van der Waals surface area contributed by atoms with Crippen LogP contribution in [0.3, 0.4) is 0 Å². The van der Waals surface area contributed by atoms with E-state index in [-0.39, 0.29) is 5.82 Å². The topological polar surface area (TPSA) is 39.4 Å². The Kier molecular flexibility index (Phi) is 3.35. The first-order chi connectivity index (χ1) is 10.8. The molecule has 0 spiro atoms. The highest BCUT2D eigenvalue weighted by Gasteiger charge is 2.18. The number of hydrogen-bond donors (Lipinski definition) is 0. The van der Waals surface area contributed by atoms with Crippen LogP contribution in [0.25, 0.3) is 16.8 Å². The van der Waals surface area contributed by atoms with Crippen LogP contribution in [-0.2, 0) is 17.8 Å². The lowest BCUT2D eigenvalue weighted by atomic mass is 10.1. The summed E-state index contributed by atoms with van der Waals surface area (Å²) in [7, 11) is 0. The third-order valence-electron chi connectivity index (χ3n) is 3.87. The van der Waals surface area contributed by atoms with Crippen molar-refractivity contribution in [3.8, 4) is 11.1 Å². The molecule has 6 heteroatoms. The molecule has 0 saturated heterocycles. The zero-order valence-electron chi connectivity index (χ0n) is 12.0. The number of fused-ring (bicyclic) bond motifs is 3. The van der Waals surface area contributed by atoms with Crippen LogP contribution < -0.4 is 0 Å². The second-order valence-corrected chi connectivity index (χ2v) is 5.99. The van der Waals surface area contributed by atoms with E-state index in [1.165, 1.54) is 6.07 Å². The van der Waals surface area contributed by atoms with Gasteiger partial charge in [-0.2, -0.15) is 0 Å². The number of aromatic nitrogens is 3. The van der Waals surface area contributed by atoms with Gasteiger partial charge in [0.1, 0.15) is 11.5 Å². The van der Waals surface area contributed by atoms with Crippen molar-refractivity contribution in [1.82, 2.24) is 14.4 Å². The summed E-state index contributed by atoms with van der Waals surface area (Å²) in [6.45, 7) is 1.19. The number of imidazole rings is 1. The summed E-state index contributed by atoms with van der Waals surface area (Å²) in [5.41, 5.74) is 3.93. The predicted molar refractivity (Wildman–Crippen MR) is 83.5 cm³/mol. The Morgan fingerprint density at radius 3 is 3.05 bits per heavy atom. The van der Waals surface area contributed by atoms with Gasteiger partial charge in [0, 0.05) is 36.0 Å². The van der Waals surface area contributed by atoms with Crippen molar-refractivity contribution in [2.45, 2.75) is 18.1 Å². The number of pyridine rings is 2. The highest BCUT2D eigenvalue weighted by atomic mass is 32.2. The number of rotatable bonds is 2. The van der Waals surface area contributed by atoms with Crippen LogP contribution in [0.1, 0.15) is 11.4 Å². The SMILES string of the molecule is CSc1ccc(-c2cn3c4c(nc3cc2F)CCOC4)cn1. The van der Waals surface area contributed by atoms with Crippen LogP contribution in [-0.4, -0.2) is 27.2 Å². The van der Waals surface area contributed by atoms with Crippen LogP contribution >= 0.6 is 11.8 Å². The van der Waals surface area contributed by atoms with Gasteiger partial charge in [0.2, 0.25) is 0 Å². The molecular formula is C16H14FN3OS. The van der Waals surface area contributed by atoms with E-state index in [0.29, 0.717) is 24.4 Å². The molecule has 0 bridgehead atoms. The molecule has 1 aliphatic rings. The zero-order chi connectivity index (χ0) is 15.1. The number of halogens is 1. The fourth-order valence-electron chi connectivity index (χ4n) is 2.73. The minimum absolute atomic E-state index is 0.283. The molecule has 4 rings (SSSR count). The molecule has 0 N–H and O–H groups in total. The predicted octanol–water partition coefficient (Wildman–Crippen LogP) is 3.33. The van der Waals surface area contributed by atoms with Gasteiger partial charge in [0.15, 0.2) is 0 Å². The third-order valence-corrected chi connectivity index (χ3v) is 4.53. The van der Waals surface area contributed by atoms with E-state index in [1.54, 1.807) is 24.2 Å². The van der Waals surface area contributed by atoms with Crippen molar-refractivity contribution in [2.75, 3.05) is 12.9 Å². The molecular weight excluding hydrogens is 301 g/mol. The fraction of sp³-hybridized carbons (Fsp3) is 0.250. The number of thioether (sulfide) groups is 1. The molecule has 4 nitrogen and oxygen atoms in total. The standard InChI is InChI=1S/C16H14FN3OS/c1-22-16-3-2-10(7-18-16)11-8-20-14-9-21-5-4-13(14)19-15(20)6-12(11)17/h2-3,6-8H,4-5,9H2,1H3.